The van der Waals surface area contributed by atoms with Crippen molar-refractivity contribution in [3.63, 3.8) is 0 Å². The molecule has 0 bridgehead atoms. The summed E-state index contributed by atoms with van der Waals surface area (Å²) in [5.41, 5.74) is -0.293. The van der Waals surface area contributed by atoms with Gasteiger partial charge in [0.1, 0.15) is 17.5 Å². The lowest BCUT2D eigenvalue weighted by molar-refractivity contribution is -0.130. The van der Waals surface area contributed by atoms with Gasteiger partial charge in [-0.15, -0.1) is 0 Å². The summed E-state index contributed by atoms with van der Waals surface area (Å²) in [5, 5.41) is 2.44. The van der Waals surface area contributed by atoms with Gasteiger partial charge in [0.2, 0.25) is 5.91 Å². The molecule has 0 fully saturated rings. The van der Waals surface area contributed by atoms with Crippen LogP contribution in [0.25, 0.3) is 0 Å². The molecule has 0 saturated heterocycles. The maximum Gasteiger partial charge on any atom is 0.319 e. The van der Waals surface area contributed by atoms with E-state index in [0.29, 0.717) is 10.6 Å². The van der Waals surface area contributed by atoms with Crippen LogP contribution in [-0.2, 0) is 11.3 Å². The van der Waals surface area contributed by atoms with E-state index in [1.165, 1.54) is 18.1 Å². The van der Waals surface area contributed by atoms with E-state index in [4.69, 9.17) is 0 Å². The summed E-state index contributed by atoms with van der Waals surface area (Å²) >= 11 is 0. The molecule has 0 unspecified atom stereocenters. The average molecular weight is 386 g/mol. The molecular formula is C17H18F4N4O2. The van der Waals surface area contributed by atoms with Gasteiger partial charge in [0.05, 0.1) is 12.1 Å². The van der Waals surface area contributed by atoms with Gasteiger partial charge in [0.25, 0.3) is 5.91 Å². The largest absolute Gasteiger partial charge is 0.352 e. The van der Waals surface area contributed by atoms with Crippen LogP contribution in [0, 0.1) is 11.6 Å². The first-order chi connectivity index (χ1) is 12.8. The van der Waals surface area contributed by atoms with E-state index < -0.39 is 24.1 Å². The van der Waals surface area contributed by atoms with E-state index >= 15 is 0 Å². The Morgan fingerprint density at radius 2 is 2.04 bits per heavy atom. The molecule has 1 N–H and O–H groups in total. The summed E-state index contributed by atoms with van der Waals surface area (Å²) < 4.78 is 52.5. The molecule has 0 spiro atoms. The molecular weight excluding hydrogens is 368 g/mol. The number of carbonyl (C=O) groups is 2. The third kappa shape index (κ3) is 5.53. The molecule has 2 rings (SSSR count). The van der Waals surface area contributed by atoms with Gasteiger partial charge in [-0.3, -0.25) is 14.2 Å². The van der Waals surface area contributed by atoms with Crippen LogP contribution in [0.15, 0.2) is 30.6 Å². The Kier molecular flexibility index (Phi) is 6.91. The number of nitrogens with one attached hydrogen (secondary N) is 1. The predicted molar refractivity (Wildman–Crippen MR) is 87.9 cm³/mol. The molecule has 0 atom stereocenters. The lowest BCUT2D eigenvalue weighted by atomic mass is 10.2. The number of imidazole rings is 1. The fraction of sp³-hybridized carbons (Fsp3) is 0.353. The van der Waals surface area contributed by atoms with Crippen LogP contribution in [0.1, 0.15) is 35.6 Å². The number of rotatable bonds is 8. The van der Waals surface area contributed by atoms with Crippen LogP contribution in [0.2, 0.25) is 0 Å². The Hall–Kier alpha value is -2.91. The zero-order valence-electron chi connectivity index (χ0n) is 14.5. The van der Waals surface area contributed by atoms with E-state index in [1.54, 1.807) is 0 Å². The second-order valence-electron chi connectivity index (χ2n) is 5.76. The lowest BCUT2D eigenvalue weighted by Gasteiger charge is -2.17. The second kappa shape index (κ2) is 9.15. The molecule has 0 radical (unpaired) electrons. The number of hydrogen-bond acceptors (Lipinski definition) is 3. The third-order valence-electron chi connectivity index (χ3n) is 3.79. The molecule has 146 valence electrons. The maximum absolute atomic E-state index is 13.5. The minimum Gasteiger partial charge on any atom is -0.352 e. The normalized spacial score (nSPS) is 10.9. The number of halogens is 4. The van der Waals surface area contributed by atoms with Gasteiger partial charge in [0.15, 0.2) is 0 Å². The van der Waals surface area contributed by atoms with Crippen LogP contribution >= 0.6 is 0 Å². The summed E-state index contributed by atoms with van der Waals surface area (Å²) in [7, 11) is 1.46. The Morgan fingerprint density at radius 1 is 1.30 bits per heavy atom. The summed E-state index contributed by atoms with van der Waals surface area (Å²) in [6, 6.07) is 2.61. The quantitative estimate of drug-likeness (QED) is 0.560. The van der Waals surface area contributed by atoms with Crippen LogP contribution < -0.4 is 5.32 Å². The van der Waals surface area contributed by atoms with E-state index in [9.17, 15) is 27.2 Å². The predicted octanol–water partition coefficient (Wildman–Crippen LogP) is 2.73. The fourth-order valence-electron chi connectivity index (χ4n) is 2.35. The smallest absolute Gasteiger partial charge is 0.319 e. The highest BCUT2D eigenvalue weighted by atomic mass is 19.3. The number of alkyl halides is 2. The Labute approximate surface area is 152 Å². The molecule has 2 aromatic rings. The van der Waals surface area contributed by atoms with Gasteiger partial charge < -0.3 is 10.2 Å². The van der Waals surface area contributed by atoms with Gasteiger partial charge in [-0.25, -0.2) is 13.8 Å². The van der Waals surface area contributed by atoms with Crippen molar-refractivity contribution in [2.24, 2.45) is 0 Å². The highest BCUT2D eigenvalue weighted by Gasteiger charge is 2.16. The van der Waals surface area contributed by atoms with Crippen LogP contribution in [0.3, 0.4) is 0 Å². The monoisotopic (exact) mass is 386 g/mol. The van der Waals surface area contributed by atoms with Gasteiger partial charge >= 0.3 is 6.55 Å². The summed E-state index contributed by atoms with van der Waals surface area (Å²) in [6.07, 6.45) is 2.67. The molecule has 1 aromatic carbocycles. The summed E-state index contributed by atoms with van der Waals surface area (Å²) in [6.45, 7) is -2.72. The van der Waals surface area contributed by atoms with Gasteiger partial charge in [-0.1, -0.05) is 0 Å². The fourth-order valence-corrected chi connectivity index (χ4v) is 2.35. The first-order valence-corrected chi connectivity index (χ1v) is 8.06. The SMILES string of the molecule is CN(Cc1nccn1C(F)F)C(=O)CCCNC(=O)c1ccc(F)cc1F. The van der Waals surface area contributed by atoms with Crippen molar-refractivity contribution >= 4 is 11.8 Å². The minimum absolute atomic E-state index is 0.0536. The molecule has 2 amide bonds. The first-order valence-electron chi connectivity index (χ1n) is 8.06. The molecule has 6 nitrogen and oxygen atoms in total. The van der Waals surface area contributed by atoms with Crippen molar-refractivity contribution in [2.75, 3.05) is 13.6 Å². The van der Waals surface area contributed by atoms with E-state index in [-0.39, 0.29) is 43.2 Å². The molecule has 1 aromatic heterocycles. The minimum atomic E-state index is -2.74. The van der Waals surface area contributed by atoms with Crippen molar-refractivity contribution in [1.82, 2.24) is 19.8 Å². The number of amides is 2. The zero-order chi connectivity index (χ0) is 20.0. The standard InChI is InChI=1S/C17H18F4N4O2/c1-24(10-14-22-7-8-25(14)17(20)21)15(26)3-2-6-23-16(27)12-5-4-11(18)9-13(12)19/h4-5,7-9,17H,2-3,6,10H2,1H3,(H,23,27). The summed E-state index contributed by atoms with van der Waals surface area (Å²) in [5.74, 6) is -2.74. The Bertz CT molecular complexity index is 810. The number of hydrogen-bond donors (Lipinski definition) is 1. The number of benzene rings is 1. The molecule has 0 aliphatic rings. The molecule has 0 saturated carbocycles. The first kappa shape index (κ1) is 20.4. The Morgan fingerprint density at radius 3 is 2.70 bits per heavy atom. The van der Waals surface area contributed by atoms with E-state index in [0.717, 1.165) is 18.3 Å². The number of aromatic nitrogens is 2. The number of nitrogens with zero attached hydrogens (tertiary/aromatic N) is 3. The zero-order valence-corrected chi connectivity index (χ0v) is 14.5. The van der Waals surface area contributed by atoms with Crippen LogP contribution in [-0.4, -0.2) is 39.9 Å². The molecule has 0 aliphatic heterocycles. The van der Waals surface area contributed by atoms with Crippen molar-refractivity contribution < 1.29 is 27.2 Å². The molecule has 1 heterocycles. The average Bonchev–Trinajstić information content (AvgIpc) is 3.06. The maximum atomic E-state index is 13.5. The third-order valence-corrected chi connectivity index (χ3v) is 3.79. The Balaban J connectivity index is 1.76. The lowest BCUT2D eigenvalue weighted by Crippen LogP contribution is -2.30. The van der Waals surface area contributed by atoms with Gasteiger partial charge in [-0.2, -0.15) is 8.78 Å². The van der Waals surface area contributed by atoms with E-state index in [1.807, 2.05) is 0 Å². The van der Waals surface area contributed by atoms with Crippen molar-refractivity contribution in [1.29, 1.82) is 0 Å². The highest BCUT2D eigenvalue weighted by Crippen LogP contribution is 2.14. The van der Waals surface area contributed by atoms with E-state index in [2.05, 4.69) is 10.3 Å². The van der Waals surface area contributed by atoms with Gasteiger partial charge in [-0.05, 0) is 18.6 Å². The van der Waals surface area contributed by atoms with Crippen LogP contribution in [0.5, 0.6) is 0 Å². The molecule has 10 heteroatoms. The van der Waals surface area contributed by atoms with Crippen molar-refractivity contribution in [3.05, 3.63) is 53.6 Å². The summed E-state index contributed by atoms with van der Waals surface area (Å²) in [4.78, 5) is 28.9. The highest BCUT2D eigenvalue weighted by molar-refractivity contribution is 5.94. The van der Waals surface area contributed by atoms with Crippen molar-refractivity contribution in [3.8, 4) is 0 Å². The topological polar surface area (TPSA) is 67.2 Å². The number of carbonyl (C=O) groups excluding carboxylic acids is 2. The van der Waals surface area contributed by atoms with Gasteiger partial charge in [0, 0.05) is 38.5 Å². The van der Waals surface area contributed by atoms with Crippen LogP contribution in [0.4, 0.5) is 17.6 Å². The van der Waals surface area contributed by atoms with Crippen molar-refractivity contribution in [2.45, 2.75) is 25.9 Å². The molecule has 27 heavy (non-hydrogen) atoms. The second-order valence-corrected chi connectivity index (χ2v) is 5.76. The molecule has 0 aliphatic carbocycles.